The molecule has 0 atom stereocenters. The third kappa shape index (κ3) is 5.77. The van der Waals surface area contributed by atoms with Crippen molar-refractivity contribution in [2.24, 2.45) is 0 Å². The minimum absolute atomic E-state index is 0.0577. The molecule has 0 aliphatic rings. The lowest BCUT2D eigenvalue weighted by molar-refractivity contribution is 0.0592. The van der Waals surface area contributed by atoms with Crippen LogP contribution in [-0.2, 0) is 29.1 Å². The monoisotopic (exact) mass is 626 g/mol. The molecule has 0 saturated heterocycles. The third-order valence-electron chi connectivity index (χ3n) is 7.03. The van der Waals surface area contributed by atoms with Gasteiger partial charge >= 0.3 is 11.9 Å². The van der Waals surface area contributed by atoms with Crippen molar-refractivity contribution in [1.29, 1.82) is 0 Å². The Balaban J connectivity index is 1.55. The van der Waals surface area contributed by atoms with Crippen LogP contribution in [0.15, 0.2) is 141 Å². The molecular weight excluding hydrogens is 601 g/mol. The molecule has 0 spiro atoms. The first-order chi connectivity index (χ1) is 21.1. The lowest BCUT2D eigenvalue weighted by Gasteiger charge is -2.14. The van der Waals surface area contributed by atoms with Crippen molar-refractivity contribution in [3.05, 3.63) is 132 Å². The van der Waals surface area contributed by atoms with Gasteiger partial charge in [-0.05, 0) is 70.8 Å². The van der Waals surface area contributed by atoms with E-state index in [0.717, 1.165) is 0 Å². The van der Waals surface area contributed by atoms with E-state index in [1.54, 1.807) is 72.8 Å². The molecule has 8 nitrogen and oxygen atoms in total. The fourth-order valence-corrected chi connectivity index (χ4v) is 7.36. The van der Waals surface area contributed by atoms with Gasteiger partial charge in [0.1, 0.15) is 0 Å². The molecule has 5 aromatic rings. The molecule has 44 heavy (non-hydrogen) atoms. The number of carbonyl (C=O) groups excluding carboxylic acids is 2. The van der Waals surface area contributed by atoms with Gasteiger partial charge in [0.2, 0.25) is 19.7 Å². The summed E-state index contributed by atoms with van der Waals surface area (Å²) in [5.41, 5.74) is 2.16. The largest absolute Gasteiger partial charge is 0.465 e. The van der Waals surface area contributed by atoms with Gasteiger partial charge in [0.05, 0.1) is 44.9 Å². The maximum atomic E-state index is 13.2. The lowest BCUT2D eigenvalue weighted by atomic mass is 9.95. The summed E-state index contributed by atoms with van der Waals surface area (Å²) in [4.78, 5) is 25.6. The van der Waals surface area contributed by atoms with E-state index < -0.39 is 31.6 Å². The second-order valence-electron chi connectivity index (χ2n) is 9.61. The third-order valence-corrected chi connectivity index (χ3v) is 10.6. The van der Waals surface area contributed by atoms with Crippen molar-refractivity contribution < 1.29 is 35.9 Å². The van der Waals surface area contributed by atoms with Gasteiger partial charge in [0.15, 0.2) is 0 Å². The Morgan fingerprint density at radius 1 is 0.455 bits per heavy atom. The Morgan fingerprint density at radius 3 is 1.11 bits per heavy atom. The van der Waals surface area contributed by atoms with Crippen LogP contribution in [0.1, 0.15) is 20.7 Å². The maximum absolute atomic E-state index is 13.2. The molecule has 0 aliphatic heterocycles. The minimum atomic E-state index is -3.89. The molecule has 10 heteroatoms. The van der Waals surface area contributed by atoms with Crippen molar-refractivity contribution in [3.63, 3.8) is 0 Å². The number of benzene rings is 5. The molecule has 0 aromatic heterocycles. The topological polar surface area (TPSA) is 121 Å². The van der Waals surface area contributed by atoms with Crippen molar-refractivity contribution >= 4 is 31.6 Å². The number of methoxy groups -OCH3 is 2. The average molecular weight is 627 g/mol. The van der Waals surface area contributed by atoms with E-state index >= 15 is 0 Å². The quantitative estimate of drug-likeness (QED) is 0.185. The van der Waals surface area contributed by atoms with E-state index in [9.17, 15) is 26.4 Å². The molecule has 0 N–H and O–H groups in total. The molecule has 0 fully saturated rings. The minimum Gasteiger partial charge on any atom is -0.465 e. The second kappa shape index (κ2) is 12.3. The molecule has 5 rings (SSSR count). The summed E-state index contributed by atoms with van der Waals surface area (Å²) in [7, 11) is -5.35. The van der Waals surface area contributed by atoms with Crippen molar-refractivity contribution in [2.75, 3.05) is 14.2 Å². The van der Waals surface area contributed by atoms with E-state index in [-0.39, 0.29) is 30.7 Å². The second-order valence-corrected chi connectivity index (χ2v) is 13.5. The average Bonchev–Trinajstić information content (AvgIpc) is 3.07. The number of esters is 2. The van der Waals surface area contributed by atoms with Crippen LogP contribution < -0.4 is 0 Å². The summed E-state index contributed by atoms with van der Waals surface area (Å²) in [6.45, 7) is 0. The Kier molecular flexibility index (Phi) is 8.48. The normalized spacial score (nSPS) is 11.5. The van der Waals surface area contributed by atoms with Crippen molar-refractivity contribution in [1.82, 2.24) is 0 Å². The van der Waals surface area contributed by atoms with Gasteiger partial charge in [0, 0.05) is 0 Å². The predicted octanol–water partition coefficient (Wildman–Crippen LogP) is 6.26. The zero-order chi connectivity index (χ0) is 31.5. The highest BCUT2D eigenvalue weighted by atomic mass is 32.2. The van der Waals surface area contributed by atoms with Gasteiger partial charge < -0.3 is 9.47 Å². The number of hydrogen-bond donors (Lipinski definition) is 0. The molecule has 0 amide bonds. The number of carbonyl (C=O) groups is 2. The summed E-state index contributed by atoms with van der Waals surface area (Å²) in [5.74, 6) is -1.42. The fraction of sp³-hybridized carbons (Fsp3) is 0.0588. The Hall–Kier alpha value is -5.06. The van der Waals surface area contributed by atoms with Gasteiger partial charge in [-0.25, -0.2) is 26.4 Å². The lowest BCUT2D eigenvalue weighted by Crippen LogP contribution is -2.08. The molecule has 0 aliphatic carbocycles. The van der Waals surface area contributed by atoms with Crippen LogP contribution in [0.2, 0.25) is 0 Å². The molecule has 0 heterocycles. The maximum Gasteiger partial charge on any atom is 0.338 e. The molecule has 5 aromatic carbocycles. The van der Waals surface area contributed by atoms with Crippen LogP contribution in [-0.4, -0.2) is 43.0 Å². The Morgan fingerprint density at radius 2 is 0.795 bits per heavy atom. The number of sulfone groups is 2. The van der Waals surface area contributed by atoms with Crippen LogP contribution in [0.25, 0.3) is 22.3 Å². The summed E-state index contributed by atoms with van der Waals surface area (Å²) >= 11 is 0. The van der Waals surface area contributed by atoms with E-state index in [2.05, 4.69) is 0 Å². The van der Waals surface area contributed by atoms with Crippen molar-refractivity contribution in [3.8, 4) is 22.3 Å². The summed E-state index contributed by atoms with van der Waals surface area (Å²) in [6.07, 6.45) is 0. The highest BCUT2D eigenvalue weighted by Crippen LogP contribution is 2.33. The van der Waals surface area contributed by atoms with Crippen LogP contribution >= 0.6 is 0 Å². The summed E-state index contributed by atoms with van der Waals surface area (Å²) < 4.78 is 62.7. The van der Waals surface area contributed by atoms with Crippen LogP contribution in [0.5, 0.6) is 0 Å². The molecule has 0 saturated carbocycles. The van der Waals surface area contributed by atoms with E-state index in [1.807, 2.05) is 0 Å². The molecule has 0 bridgehead atoms. The SMILES string of the molecule is COC(=O)c1cc(S(=O)(=O)c2ccccc2)ccc1-c1ccc(-c2ccc(S(=O)(=O)c3ccccc3)cc2C(=O)OC)cc1. The van der Waals surface area contributed by atoms with E-state index in [1.165, 1.54) is 62.8 Å². The Bertz CT molecular complexity index is 1920. The standard InChI is InChI=1S/C34H26O8S2/c1-41-33(35)31-21-27(43(37,38)25-9-5-3-6-10-25)17-19-29(31)23-13-15-24(16-14-23)30-20-18-28(22-32(30)34(36)42-2)44(39,40)26-11-7-4-8-12-26/h3-22H,1-2H3. The van der Waals surface area contributed by atoms with Gasteiger partial charge in [-0.3, -0.25) is 0 Å². The first-order valence-electron chi connectivity index (χ1n) is 13.2. The predicted molar refractivity (Wildman–Crippen MR) is 164 cm³/mol. The van der Waals surface area contributed by atoms with E-state index in [4.69, 9.17) is 9.47 Å². The van der Waals surface area contributed by atoms with Gasteiger partial charge in [-0.15, -0.1) is 0 Å². The smallest absolute Gasteiger partial charge is 0.338 e. The highest BCUT2D eigenvalue weighted by Gasteiger charge is 2.24. The molecule has 222 valence electrons. The van der Waals surface area contributed by atoms with Crippen LogP contribution in [0.3, 0.4) is 0 Å². The van der Waals surface area contributed by atoms with Gasteiger partial charge in [-0.2, -0.15) is 0 Å². The molecular formula is C34H26O8S2. The molecule has 0 radical (unpaired) electrons. The highest BCUT2D eigenvalue weighted by molar-refractivity contribution is 7.91. The van der Waals surface area contributed by atoms with E-state index in [0.29, 0.717) is 22.3 Å². The van der Waals surface area contributed by atoms with Crippen LogP contribution in [0.4, 0.5) is 0 Å². The van der Waals surface area contributed by atoms with Crippen molar-refractivity contribution in [2.45, 2.75) is 19.6 Å². The number of hydrogen-bond acceptors (Lipinski definition) is 8. The molecule has 0 unspecified atom stereocenters. The fourth-order valence-electron chi connectivity index (χ4n) is 4.74. The number of rotatable bonds is 8. The van der Waals surface area contributed by atoms with Crippen LogP contribution in [0, 0.1) is 0 Å². The van der Waals surface area contributed by atoms with Gasteiger partial charge in [-0.1, -0.05) is 72.8 Å². The zero-order valence-electron chi connectivity index (χ0n) is 23.6. The summed E-state index contributed by atoms with van der Waals surface area (Å²) in [5, 5.41) is 0. The zero-order valence-corrected chi connectivity index (χ0v) is 25.3. The first kappa shape index (κ1) is 30.4. The summed E-state index contributed by atoms with van der Waals surface area (Å²) in [6, 6.07) is 31.1. The number of ether oxygens (including phenoxy) is 2. The Labute approximate surface area is 255 Å². The first-order valence-corrected chi connectivity index (χ1v) is 16.2. The van der Waals surface area contributed by atoms with Gasteiger partial charge in [0.25, 0.3) is 0 Å².